The first kappa shape index (κ1) is 33.8. The van der Waals surface area contributed by atoms with E-state index in [1.807, 2.05) is 58.0 Å². The van der Waals surface area contributed by atoms with E-state index in [9.17, 15) is 18.8 Å². The summed E-state index contributed by atoms with van der Waals surface area (Å²) in [6, 6.07) is 12.0. The molecule has 0 aromatic heterocycles. The number of benzene rings is 2. The lowest BCUT2D eigenvalue weighted by Crippen LogP contribution is -2.69. The van der Waals surface area contributed by atoms with E-state index in [4.69, 9.17) is 18.9 Å². The van der Waals surface area contributed by atoms with Crippen LogP contribution in [0.2, 0.25) is 0 Å². The van der Waals surface area contributed by atoms with Crippen molar-refractivity contribution in [2.45, 2.75) is 84.7 Å². The fourth-order valence-corrected chi connectivity index (χ4v) is 5.57. The van der Waals surface area contributed by atoms with Crippen molar-refractivity contribution in [3.05, 3.63) is 59.2 Å². The molecular formula is C33H45FN2O7. The first-order valence-corrected chi connectivity index (χ1v) is 14.9. The normalized spacial score (nSPS) is 20.7. The van der Waals surface area contributed by atoms with Crippen molar-refractivity contribution in [2.75, 3.05) is 33.0 Å². The van der Waals surface area contributed by atoms with E-state index in [0.29, 0.717) is 35.8 Å². The number of rotatable bonds is 15. The van der Waals surface area contributed by atoms with Crippen LogP contribution in [0.5, 0.6) is 11.5 Å². The van der Waals surface area contributed by atoms with Gasteiger partial charge in [0.15, 0.2) is 5.78 Å². The summed E-state index contributed by atoms with van der Waals surface area (Å²) in [6.07, 6.45) is -0.606. The Morgan fingerprint density at radius 3 is 2.02 bits per heavy atom. The lowest BCUT2D eigenvalue weighted by molar-refractivity contribution is -0.162. The Kier molecular flexibility index (Phi) is 11.6. The van der Waals surface area contributed by atoms with E-state index in [0.717, 1.165) is 5.56 Å². The van der Waals surface area contributed by atoms with Crippen molar-refractivity contribution in [3.63, 3.8) is 0 Å². The van der Waals surface area contributed by atoms with Gasteiger partial charge in [-0.25, -0.2) is 14.0 Å². The Bertz CT molecular complexity index is 1230. The highest BCUT2D eigenvalue weighted by molar-refractivity contribution is 6.00. The first-order chi connectivity index (χ1) is 20.4. The molecule has 2 atom stereocenters. The van der Waals surface area contributed by atoms with Gasteiger partial charge in [0.2, 0.25) is 0 Å². The number of hydrogen-bond acceptors (Lipinski definition) is 7. The number of amides is 2. The van der Waals surface area contributed by atoms with E-state index in [1.165, 1.54) is 18.7 Å². The molecule has 1 aliphatic carbocycles. The second kappa shape index (κ2) is 14.7. The van der Waals surface area contributed by atoms with Gasteiger partial charge in [0.1, 0.15) is 28.3 Å². The molecule has 2 aromatic carbocycles. The molecule has 1 aliphatic rings. The van der Waals surface area contributed by atoms with Crippen LogP contribution < -0.4 is 14.8 Å². The molecule has 0 heterocycles. The molecule has 0 spiro atoms. The second-order valence-corrected chi connectivity index (χ2v) is 11.1. The van der Waals surface area contributed by atoms with Crippen LogP contribution >= 0.6 is 0 Å². The standard InChI is InChI=1S/C33H45FN2O7/c1-8-40-27-18-26(19-28(41-9-2)29(27)23(5)37)22(4)36(16-17-43-24(6)25-14-12-11-13-15-25)31(39)35-33(30(38)42-10-3)20-32(7,34)21-33/h11-15,18-19,22,24H,8-10,16-17,20-21H2,1-7H3,(H,35,39)/t22?,24-,32?,33?/m0/s1. The number of halogens is 1. The Balaban J connectivity index is 1.96. The predicted molar refractivity (Wildman–Crippen MR) is 161 cm³/mol. The summed E-state index contributed by atoms with van der Waals surface area (Å²) < 4.78 is 37.7. The van der Waals surface area contributed by atoms with Gasteiger partial charge in [0.05, 0.1) is 38.6 Å². The van der Waals surface area contributed by atoms with E-state index < -0.39 is 29.2 Å². The van der Waals surface area contributed by atoms with Crippen molar-refractivity contribution in [1.29, 1.82) is 0 Å². The zero-order valence-electron chi connectivity index (χ0n) is 26.3. The van der Waals surface area contributed by atoms with E-state index in [2.05, 4.69) is 5.32 Å². The first-order valence-electron chi connectivity index (χ1n) is 14.9. The SMILES string of the molecule is CCOC(=O)C1(NC(=O)N(CCO[C@@H](C)c2ccccc2)C(C)c2cc(OCC)c(C(C)=O)c(OCC)c2)CC(C)(F)C1. The van der Waals surface area contributed by atoms with Gasteiger partial charge in [-0.05, 0) is 71.7 Å². The molecule has 0 radical (unpaired) electrons. The highest BCUT2D eigenvalue weighted by atomic mass is 19.1. The summed E-state index contributed by atoms with van der Waals surface area (Å²) >= 11 is 0. The zero-order chi connectivity index (χ0) is 31.8. The van der Waals surface area contributed by atoms with Crippen molar-refractivity contribution >= 4 is 17.8 Å². The summed E-state index contributed by atoms with van der Waals surface area (Å²) in [6.45, 7) is 13.0. The molecular weight excluding hydrogens is 555 g/mol. The second-order valence-electron chi connectivity index (χ2n) is 11.1. The van der Waals surface area contributed by atoms with Crippen molar-refractivity contribution in [3.8, 4) is 11.5 Å². The number of urea groups is 1. The number of nitrogens with one attached hydrogen (secondary N) is 1. The molecule has 0 saturated heterocycles. The molecule has 1 saturated carbocycles. The number of ether oxygens (including phenoxy) is 4. The largest absolute Gasteiger partial charge is 0.493 e. The molecule has 2 amide bonds. The zero-order valence-corrected chi connectivity index (χ0v) is 26.3. The van der Waals surface area contributed by atoms with Crippen LogP contribution in [0.15, 0.2) is 42.5 Å². The Morgan fingerprint density at radius 2 is 1.53 bits per heavy atom. The third-order valence-electron chi connectivity index (χ3n) is 7.57. The highest BCUT2D eigenvalue weighted by Crippen LogP contribution is 2.45. The predicted octanol–water partition coefficient (Wildman–Crippen LogP) is 6.36. The number of carbonyl (C=O) groups is 3. The van der Waals surface area contributed by atoms with Gasteiger partial charge in [-0.3, -0.25) is 4.79 Å². The van der Waals surface area contributed by atoms with Gasteiger partial charge in [0, 0.05) is 19.4 Å². The number of hydrogen-bond donors (Lipinski definition) is 1. The number of Topliss-reactive ketones (excluding diaryl/α,β-unsaturated/α-hetero) is 1. The van der Waals surface area contributed by atoms with Crippen LogP contribution in [0, 0.1) is 0 Å². The molecule has 2 aromatic rings. The van der Waals surface area contributed by atoms with Gasteiger partial charge in [-0.15, -0.1) is 0 Å². The smallest absolute Gasteiger partial charge is 0.332 e. The Hall–Kier alpha value is -3.66. The maximum atomic E-state index is 14.7. The molecule has 1 N–H and O–H groups in total. The summed E-state index contributed by atoms with van der Waals surface area (Å²) in [4.78, 5) is 40.9. The quantitative estimate of drug-likeness (QED) is 0.187. The molecule has 0 bridgehead atoms. The van der Waals surface area contributed by atoms with Crippen LogP contribution in [-0.4, -0.2) is 66.9 Å². The van der Waals surface area contributed by atoms with E-state index in [-0.39, 0.29) is 44.5 Å². The third-order valence-corrected chi connectivity index (χ3v) is 7.57. The summed E-state index contributed by atoms with van der Waals surface area (Å²) in [5, 5.41) is 2.80. The average molecular weight is 601 g/mol. The molecule has 3 rings (SSSR count). The topological polar surface area (TPSA) is 103 Å². The Labute approximate surface area is 254 Å². The van der Waals surface area contributed by atoms with Crippen LogP contribution in [0.1, 0.15) is 94.9 Å². The number of esters is 1. The summed E-state index contributed by atoms with van der Waals surface area (Å²) in [5.41, 5.74) is -1.11. The van der Waals surface area contributed by atoms with Crippen molar-refractivity contribution < 1.29 is 37.7 Å². The fraction of sp³-hybridized carbons (Fsp3) is 0.545. The summed E-state index contributed by atoms with van der Waals surface area (Å²) in [5.74, 6) is -0.165. The van der Waals surface area contributed by atoms with Crippen LogP contribution in [0.4, 0.5) is 9.18 Å². The minimum absolute atomic E-state index is 0.105. The third kappa shape index (κ3) is 8.25. The minimum atomic E-state index is -1.61. The van der Waals surface area contributed by atoms with Crippen molar-refractivity contribution in [1.82, 2.24) is 10.2 Å². The summed E-state index contributed by atoms with van der Waals surface area (Å²) in [7, 11) is 0. The van der Waals surface area contributed by atoms with Gasteiger partial charge >= 0.3 is 12.0 Å². The lowest BCUT2D eigenvalue weighted by atomic mass is 9.67. The molecule has 10 heteroatoms. The molecule has 9 nitrogen and oxygen atoms in total. The molecule has 1 fully saturated rings. The molecule has 0 aliphatic heterocycles. The lowest BCUT2D eigenvalue weighted by Gasteiger charge is -2.48. The van der Waals surface area contributed by atoms with Gasteiger partial charge in [-0.1, -0.05) is 30.3 Å². The molecule has 43 heavy (non-hydrogen) atoms. The maximum absolute atomic E-state index is 14.7. The van der Waals surface area contributed by atoms with Gasteiger partial charge in [0.25, 0.3) is 0 Å². The van der Waals surface area contributed by atoms with E-state index >= 15 is 0 Å². The van der Waals surface area contributed by atoms with E-state index in [1.54, 1.807) is 19.1 Å². The monoisotopic (exact) mass is 600 g/mol. The van der Waals surface area contributed by atoms with Crippen LogP contribution in [-0.2, 0) is 14.3 Å². The number of carbonyl (C=O) groups excluding carboxylic acids is 3. The fourth-order valence-electron chi connectivity index (χ4n) is 5.57. The minimum Gasteiger partial charge on any atom is -0.493 e. The van der Waals surface area contributed by atoms with Gasteiger partial charge < -0.3 is 29.2 Å². The maximum Gasteiger partial charge on any atom is 0.332 e. The number of alkyl halides is 1. The number of ketones is 1. The van der Waals surface area contributed by atoms with Crippen molar-refractivity contribution in [2.24, 2.45) is 0 Å². The highest BCUT2D eigenvalue weighted by Gasteiger charge is 2.60. The van der Waals surface area contributed by atoms with Gasteiger partial charge in [-0.2, -0.15) is 0 Å². The molecule has 236 valence electrons. The molecule has 1 unspecified atom stereocenters. The van der Waals surface area contributed by atoms with Crippen LogP contribution in [0.3, 0.4) is 0 Å². The number of nitrogens with zero attached hydrogens (tertiary/aromatic N) is 1. The Morgan fingerprint density at radius 1 is 0.953 bits per heavy atom. The average Bonchev–Trinajstić information content (AvgIpc) is 2.94. The van der Waals surface area contributed by atoms with Crippen LogP contribution in [0.25, 0.3) is 0 Å².